The minimum absolute atomic E-state index is 0. The molecule has 2 aromatic carbocycles. The van der Waals surface area contributed by atoms with E-state index in [-0.39, 0.29) is 48.1 Å². The van der Waals surface area contributed by atoms with Gasteiger partial charge in [-0.15, -0.1) is 24.0 Å². The second-order valence-electron chi connectivity index (χ2n) is 6.84. The van der Waals surface area contributed by atoms with Crippen LogP contribution in [0.2, 0.25) is 5.02 Å². The van der Waals surface area contributed by atoms with Crippen molar-refractivity contribution in [1.29, 1.82) is 0 Å². The van der Waals surface area contributed by atoms with Crippen molar-refractivity contribution in [1.82, 2.24) is 4.90 Å². The van der Waals surface area contributed by atoms with Crippen LogP contribution in [0.1, 0.15) is 6.42 Å². The van der Waals surface area contributed by atoms with E-state index in [4.69, 9.17) is 22.1 Å². The van der Waals surface area contributed by atoms with E-state index in [1.807, 2.05) is 4.90 Å². The summed E-state index contributed by atoms with van der Waals surface area (Å²) in [7, 11) is 1.55. The lowest BCUT2D eigenvalue weighted by Crippen LogP contribution is -2.48. The van der Waals surface area contributed by atoms with E-state index < -0.39 is 0 Å². The number of amides is 1. The number of hydrogen-bond acceptors (Lipinski definition) is 4. The molecule has 0 radical (unpaired) electrons. The van der Waals surface area contributed by atoms with Gasteiger partial charge < -0.3 is 25.6 Å². The highest BCUT2D eigenvalue weighted by Crippen LogP contribution is 2.27. The molecular formula is C21H26ClFIN5O2. The first kappa shape index (κ1) is 25.0. The molecule has 0 aliphatic carbocycles. The second-order valence-corrected chi connectivity index (χ2v) is 7.24. The molecule has 1 aliphatic heterocycles. The maximum atomic E-state index is 13.1. The number of nitrogens with two attached hydrogens (primary N) is 1. The minimum Gasteiger partial charge on any atom is -0.495 e. The molecule has 1 aliphatic rings. The summed E-state index contributed by atoms with van der Waals surface area (Å²) in [5.74, 6) is 0.572. The van der Waals surface area contributed by atoms with Crippen molar-refractivity contribution in [2.45, 2.75) is 6.42 Å². The first-order chi connectivity index (χ1) is 14.5. The predicted molar refractivity (Wildman–Crippen MR) is 133 cm³/mol. The van der Waals surface area contributed by atoms with Crippen molar-refractivity contribution in [2.24, 2.45) is 10.7 Å². The van der Waals surface area contributed by atoms with Crippen LogP contribution in [0.5, 0.6) is 5.75 Å². The average molecular weight is 562 g/mol. The van der Waals surface area contributed by atoms with Gasteiger partial charge in [-0.2, -0.15) is 0 Å². The molecule has 0 spiro atoms. The molecule has 168 valence electrons. The van der Waals surface area contributed by atoms with Gasteiger partial charge in [-0.3, -0.25) is 9.79 Å². The third-order valence-corrected chi connectivity index (χ3v) is 5.15. The third kappa shape index (κ3) is 7.13. The van der Waals surface area contributed by atoms with Crippen LogP contribution in [0.3, 0.4) is 0 Å². The summed E-state index contributed by atoms with van der Waals surface area (Å²) in [5.41, 5.74) is 7.54. The third-order valence-electron chi connectivity index (χ3n) is 4.86. The first-order valence-electron chi connectivity index (χ1n) is 9.65. The fourth-order valence-corrected chi connectivity index (χ4v) is 3.49. The van der Waals surface area contributed by atoms with Crippen LogP contribution in [0.15, 0.2) is 47.5 Å². The SMILES string of the molecule is COc1ccc(NC(N)=NCCC(=O)N2CCN(c3ccc(F)cc3)CC2)cc1Cl.I. The van der Waals surface area contributed by atoms with Crippen LogP contribution in [0.4, 0.5) is 15.8 Å². The highest BCUT2D eigenvalue weighted by molar-refractivity contribution is 14.0. The number of nitrogens with one attached hydrogen (secondary N) is 1. The molecule has 1 amide bonds. The molecule has 1 fully saturated rings. The summed E-state index contributed by atoms with van der Waals surface area (Å²) < 4.78 is 18.2. The highest BCUT2D eigenvalue weighted by atomic mass is 127. The van der Waals surface area contributed by atoms with E-state index in [9.17, 15) is 9.18 Å². The Bertz CT molecular complexity index is 905. The molecular weight excluding hydrogens is 536 g/mol. The number of carbonyl (C=O) groups excluding carboxylic acids is 1. The van der Waals surface area contributed by atoms with Gasteiger partial charge in [0.25, 0.3) is 0 Å². The van der Waals surface area contributed by atoms with Crippen LogP contribution in [0.25, 0.3) is 0 Å². The summed E-state index contributed by atoms with van der Waals surface area (Å²) in [4.78, 5) is 20.6. The Morgan fingerprint density at radius 1 is 1.19 bits per heavy atom. The van der Waals surface area contributed by atoms with Crippen molar-refractivity contribution in [2.75, 3.05) is 50.1 Å². The number of aliphatic imine (C=N–C) groups is 1. The molecule has 10 heteroatoms. The molecule has 0 bridgehead atoms. The number of anilines is 2. The molecule has 1 saturated heterocycles. The van der Waals surface area contributed by atoms with Crippen LogP contribution < -0.4 is 20.7 Å². The predicted octanol–water partition coefficient (Wildman–Crippen LogP) is 3.57. The van der Waals surface area contributed by atoms with Gasteiger partial charge in [0.15, 0.2) is 5.96 Å². The van der Waals surface area contributed by atoms with E-state index in [1.54, 1.807) is 37.4 Å². The number of nitrogens with zero attached hydrogens (tertiary/aromatic N) is 3. The fourth-order valence-electron chi connectivity index (χ4n) is 3.23. The summed E-state index contributed by atoms with van der Waals surface area (Å²) in [6.45, 7) is 2.96. The highest BCUT2D eigenvalue weighted by Gasteiger charge is 2.20. The standard InChI is InChI=1S/C21H25ClFN5O2.HI/c1-30-19-7-4-16(14-18(19)22)26-21(24)25-9-8-20(29)28-12-10-27(11-13-28)17-5-2-15(23)3-6-17;/h2-7,14H,8-13H2,1H3,(H3,24,25,26);1H. The van der Waals surface area contributed by atoms with Gasteiger partial charge >= 0.3 is 0 Å². The smallest absolute Gasteiger partial charge is 0.224 e. The molecule has 1 heterocycles. The van der Waals surface area contributed by atoms with Gasteiger partial charge in [0.05, 0.1) is 18.7 Å². The van der Waals surface area contributed by atoms with Crippen LogP contribution >= 0.6 is 35.6 Å². The average Bonchev–Trinajstić information content (AvgIpc) is 2.74. The monoisotopic (exact) mass is 561 g/mol. The largest absolute Gasteiger partial charge is 0.495 e. The number of guanidine groups is 1. The lowest BCUT2D eigenvalue weighted by Gasteiger charge is -2.36. The van der Waals surface area contributed by atoms with Crippen molar-refractivity contribution < 1.29 is 13.9 Å². The topological polar surface area (TPSA) is 83.2 Å². The zero-order valence-electron chi connectivity index (χ0n) is 17.2. The Morgan fingerprint density at radius 2 is 1.87 bits per heavy atom. The molecule has 0 aromatic heterocycles. The van der Waals surface area contributed by atoms with E-state index in [2.05, 4.69) is 15.2 Å². The number of carbonyl (C=O) groups is 1. The molecule has 31 heavy (non-hydrogen) atoms. The normalized spacial score (nSPS) is 14.1. The lowest BCUT2D eigenvalue weighted by atomic mass is 10.2. The number of ether oxygens (including phenoxy) is 1. The molecule has 0 unspecified atom stereocenters. The lowest BCUT2D eigenvalue weighted by molar-refractivity contribution is -0.131. The van der Waals surface area contributed by atoms with Gasteiger partial charge in [-0.1, -0.05) is 11.6 Å². The number of rotatable bonds is 6. The maximum absolute atomic E-state index is 13.1. The Hall–Kier alpha value is -2.27. The molecule has 0 saturated carbocycles. The van der Waals surface area contributed by atoms with E-state index in [0.29, 0.717) is 49.2 Å². The maximum Gasteiger partial charge on any atom is 0.224 e. The number of piperazine rings is 1. The van der Waals surface area contributed by atoms with Crippen LogP contribution in [0, 0.1) is 5.82 Å². The second kappa shape index (κ2) is 11.9. The molecule has 0 atom stereocenters. The Kier molecular flexibility index (Phi) is 9.63. The Morgan fingerprint density at radius 3 is 2.48 bits per heavy atom. The summed E-state index contributed by atoms with van der Waals surface area (Å²) in [6.07, 6.45) is 0.280. The van der Waals surface area contributed by atoms with Crippen molar-refractivity contribution in [3.63, 3.8) is 0 Å². The van der Waals surface area contributed by atoms with E-state index in [0.717, 1.165) is 5.69 Å². The number of methoxy groups -OCH3 is 1. The summed E-state index contributed by atoms with van der Waals surface area (Å²) in [5, 5.41) is 3.41. The van der Waals surface area contributed by atoms with Gasteiger partial charge in [-0.05, 0) is 42.5 Å². The zero-order valence-corrected chi connectivity index (χ0v) is 20.3. The first-order valence-corrected chi connectivity index (χ1v) is 10.0. The fraction of sp³-hybridized carbons (Fsp3) is 0.333. The Labute approximate surface area is 203 Å². The number of hydrogen-bond donors (Lipinski definition) is 2. The van der Waals surface area contributed by atoms with Crippen LogP contribution in [-0.4, -0.2) is 56.6 Å². The zero-order chi connectivity index (χ0) is 21.5. The summed E-state index contributed by atoms with van der Waals surface area (Å²) >= 11 is 6.09. The Balaban J connectivity index is 0.00000341. The minimum atomic E-state index is -0.253. The number of halogens is 3. The molecule has 3 N–H and O–H groups in total. The van der Waals surface area contributed by atoms with Gasteiger partial charge in [0.2, 0.25) is 5.91 Å². The molecule has 2 aromatic rings. The summed E-state index contributed by atoms with van der Waals surface area (Å²) in [6, 6.07) is 11.6. The number of benzene rings is 2. The van der Waals surface area contributed by atoms with Crippen molar-refractivity contribution in [3.05, 3.63) is 53.3 Å². The van der Waals surface area contributed by atoms with Gasteiger partial charge in [0, 0.05) is 44.0 Å². The molecule has 3 rings (SSSR count). The van der Waals surface area contributed by atoms with Crippen molar-refractivity contribution in [3.8, 4) is 5.75 Å². The van der Waals surface area contributed by atoms with E-state index in [1.165, 1.54) is 12.1 Å². The van der Waals surface area contributed by atoms with Gasteiger partial charge in [0.1, 0.15) is 11.6 Å². The van der Waals surface area contributed by atoms with Gasteiger partial charge in [-0.25, -0.2) is 4.39 Å². The van der Waals surface area contributed by atoms with Crippen LogP contribution in [-0.2, 0) is 4.79 Å². The van der Waals surface area contributed by atoms with Crippen molar-refractivity contribution >= 4 is 58.8 Å². The molecule has 7 nitrogen and oxygen atoms in total. The van der Waals surface area contributed by atoms with E-state index >= 15 is 0 Å². The quantitative estimate of drug-likeness (QED) is 0.320.